The average molecular weight is 435 g/mol. The number of halogens is 2. The van der Waals surface area contributed by atoms with Crippen LogP contribution in [0.15, 0.2) is 90.0 Å². The Bertz CT molecular complexity index is 1170. The first-order chi connectivity index (χ1) is 14.7. The zero-order chi connectivity index (χ0) is 20.8. The molecular formula is C25H20Cl2N2O. The summed E-state index contributed by atoms with van der Waals surface area (Å²) < 4.78 is 6.12. The standard InChI is InChI=1S/C25H20Cl2N2O/c26-21-12-9-18(10-13-21)17-30-25-14-11-19-5-1-3-7-22(19)23(25)16-29-28-15-20-6-2-4-8-24(20)27/h1-14,16,28H,15,17H2/b29-16-. The van der Waals surface area contributed by atoms with Crippen LogP contribution in [0, 0.1) is 0 Å². The number of nitrogens with zero attached hydrogens (tertiary/aromatic N) is 1. The van der Waals surface area contributed by atoms with Gasteiger partial charge in [0.2, 0.25) is 0 Å². The van der Waals surface area contributed by atoms with Gasteiger partial charge in [0.1, 0.15) is 12.4 Å². The third-order valence-corrected chi connectivity index (χ3v) is 5.37. The normalized spacial score (nSPS) is 11.1. The fourth-order valence-corrected chi connectivity index (χ4v) is 3.49. The van der Waals surface area contributed by atoms with Crippen LogP contribution in [0.25, 0.3) is 10.8 Å². The maximum absolute atomic E-state index is 6.21. The molecule has 150 valence electrons. The van der Waals surface area contributed by atoms with E-state index in [2.05, 4.69) is 28.7 Å². The van der Waals surface area contributed by atoms with Gasteiger partial charge in [-0.15, -0.1) is 0 Å². The topological polar surface area (TPSA) is 33.6 Å². The second-order valence-electron chi connectivity index (χ2n) is 6.80. The van der Waals surface area contributed by atoms with Crippen LogP contribution < -0.4 is 10.2 Å². The van der Waals surface area contributed by atoms with Crippen LogP contribution in [-0.4, -0.2) is 6.21 Å². The molecule has 0 saturated heterocycles. The maximum atomic E-state index is 6.21. The van der Waals surface area contributed by atoms with E-state index >= 15 is 0 Å². The number of hydrogen-bond acceptors (Lipinski definition) is 3. The molecular weight excluding hydrogens is 415 g/mol. The van der Waals surface area contributed by atoms with Crippen molar-refractivity contribution in [3.8, 4) is 5.75 Å². The molecule has 5 heteroatoms. The monoisotopic (exact) mass is 434 g/mol. The average Bonchev–Trinajstić information content (AvgIpc) is 2.78. The molecule has 0 unspecified atom stereocenters. The van der Waals surface area contributed by atoms with Crippen LogP contribution in [0.2, 0.25) is 10.0 Å². The van der Waals surface area contributed by atoms with E-state index in [4.69, 9.17) is 27.9 Å². The molecule has 0 saturated carbocycles. The van der Waals surface area contributed by atoms with Crippen molar-refractivity contribution in [2.75, 3.05) is 0 Å². The smallest absolute Gasteiger partial charge is 0.129 e. The number of rotatable bonds is 7. The molecule has 0 bridgehead atoms. The fraction of sp³-hybridized carbons (Fsp3) is 0.0800. The van der Waals surface area contributed by atoms with Crippen molar-refractivity contribution < 1.29 is 4.74 Å². The Kier molecular flexibility index (Phi) is 6.53. The molecule has 0 radical (unpaired) electrons. The number of fused-ring (bicyclic) bond motifs is 1. The Balaban J connectivity index is 1.55. The fourth-order valence-electron chi connectivity index (χ4n) is 3.16. The number of hydrogen-bond donors (Lipinski definition) is 1. The Hall–Kier alpha value is -3.01. The summed E-state index contributed by atoms with van der Waals surface area (Å²) in [6.07, 6.45) is 1.80. The minimum atomic E-state index is 0.448. The molecule has 0 spiro atoms. The second-order valence-corrected chi connectivity index (χ2v) is 7.64. The van der Waals surface area contributed by atoms with Crippen molar-refractivity contribution in [2.24, 2.45) is 5.10 Å². The van der Waals surface area contributed by atoms with Gasteiger partial charge in [0.15, 0.2) is 0 Å². The number of benzene rings is 4. The van der Waals surface area contributed by atoms with Crippen molar-refractivity contribution in [1.82, 2.24) is 5.43 Å². The lowest BCUT2D eigenvalue weighted by Gasteiger charge is -2.12. The van der Waals surface area contributed by atoms with Gasteiger partial charge < -0.3 is 10.2 Å². The molecule has 0 aliphatic heterocycles. The van der Waals surface area contributed by atoms with E-state index in [1.54, 1.807) is 6.21 Å². The summed E-state index contributed by atoms with van der Waals surface area (Å²) in [7, 11) is 0. The molecule has 0 heterocycles. The van der Waals surface area contributed by atoms with E-state index in [0.29, 0.717) is 18.2 Å². The lowest BCUT2D eigenvalue weighted by Crippen LogP contribution is -2.07. The van der Waals surface area contributed by atoms with E-state index in [0.717, 1.165) is 38.2 Å². The summed E-state index contributed by atoms with van der Waals surface area (Å²) in [6, 6.07) is 27.6. The van der Waals surface area contributed by atoms with Crippen LogP contribution in [0.4, 0.5) is 0 Å². The number of nitrogens with one attached hydrogen (secondary N) is 1. The Morgan fingerprint density at radius 2 is 1.60 bits per heavy atom. The zero-order valence-corrected chi connectivity index (χ0v) is 17.7. The second kappa shape index (κ2) is 9.66. The van der Waals surface area contributed by atoms with Gasteiger partial charge in [0.05, 0.1) is 12.8 Å². The van der Waals surface area contributed by atoms with Crippen LogP contribution >= 0.6 is 23.2 Å². The van der Waals surface area contributed by atoms with E-state index in [9.17, 15) is 0 Å². The maximum Gasteiger partial charge on any atom is 0.129 e. The Labute approximate surface area is 185 Å². The zero-order valence-electron chi connectivity index (χ0n) is 16.2. The largest absolute Gasteiger partial charge is 0.488 e. The van der Waals surface area contributed by atoms with Crippen LogP contribution in [0.3, 0.4) is 0 Å². The van der Waals surface area contributed by atoms with Crippen molar-refractivity contribution in [2.45, 2.75) is 13.2 Å². The SMILES string of the molecule is Clc1ccc(COc2ccc3ccccc3c2/C=N\NCc2ccccc2Cl)cc1. The van der Waals surface area contributed by atoms with Crippen LogP contribution in [-0.2, 0) is 13.2 Å². The van der Waals surface area contributed by atoms with E-state index < -0.39 is 0 Å². The summed E-state index contributed by atoms with van der Waals surface area (Å²) in [6.45, 7) is 0.991. The highest BCUT2D eigenvalue weighted by Crippen LogP contribution is 2.27. The van der Waals surface area contributed by atoms with Gasteiger partial charge in [0.25, 0.3) is 0 Å². The minimum Gasteiger partial charge on any atom is -0.488 e. The van der Waals surface area contributed by atoms with Gasteiger partial charge in [-0.25, -0.2) is 0 Å². The molecule has 3 nitrogen and oxygen atoms in total. The molecule has 0 fully saturated rings. The van der Waals surface area contributed by atoms with Crippen LogP contribution in [0.1, 0.15) is 16.7 Å². The summed E-state index contributed by atoms with van der Waals surface area (Å²) >= 11 is 12.2. The summed E-state index contributed by atoms with van der Waals surface area (Å²) in [5.41, 5.74) is 6.04. The molecule has 0 aromatic heterocycles. The molecule has 0 aliphatic carbocycles. The van der Waals surface area contributed by atoms with Gasteiger partial charge in [-0.2, -0.15) is 5.10 Å². The first-order valence-electron chi connectivity index (χ1n) is 9.59. The highest BCUT2D eigenvalue weighted by Gasteiger charge is 2.08. The molecule has 0 aliphatic rings. The predicted octanol–water partition coefficient (Wildman–Crippen LogP) is 6.85. The van der Waals surface area contributed by atoms with E-state index in [1.807, 2.05) is 66.7 Å². The van der Waals surface area contributed by atoms with Crippen molar-refractivity contribution in [3.63, 3.8) is 0 Å². The van der Waals surface area contributed by atoms with E-state index in [1.165, 1.54) is 0 Å². The third kappa shape index (κ3) is 4.93. The number of ether oxygens (including phenoxy) is 1. The molecule has 30 heavy (non-hydrogen) atoms. The lowest BCUT2D eigenvalue weighted by atomic mass is 10.0. The third-order valence-electron chi connectivity index (χ3n) is 4.75. The highest BCUT2D eigenvalue weighted by molar-refractivity contribution is 6.31. The molecule has 0 amide bonds. The molecule has 4 rings (SSSR count). The van der Waals surface area contributed by atoms with Crippen molar-refractivity contribution in [1.29, 1.82) is 0 Å². The first kappa shape index (κ1) is 20.3. The van der Waals surface area contributed by atoms with Crippen molar-refractivity contribution >= 4 is 40.2 Å². The van der Waals surface area contributed by atoms with Crippen LogP contribution in [0.5, 0.6) is 5.75 Å². The molecule has 1 N–H and O–H groups in total. The summed E-state index contributed by atoms with van der Waals surface area (Å²) in [5, 5.41) is 8.06. The Morgan fingerprint density at radius 1 is 0.833 bits per heavy atom. The predicted molar refractivity (Wildman–Crippen MR) is 126 cm³/mol. The van der Waals surface area contributed by atoms with Gasteiger partial charge >= 0.3 is 0 Å². The van der Waals surface area contributed by atoms with Gasteiger partial charge in [0, 0.05) is 15.6 Å². The summed E-state index contributed by atoms with van der Waals surface area (Å²) in [5.74, 6) is 0.770. The first-order valence-corrected chi connectivity index (χ1v) is 10.3. The molecule has 4 aromatic rings. The van der Waals surface area contributed by atoms with Gasteiger partial charge in [-0.3, -0.25) is 0 Å². The molecule has 4 aromatic carbocycles. The number of hydrazone groups is 1. The minimum absolute atomic E-state index is 0.448. The lowest BCUT2D eigenvalue weighted by molar-refractivity contribution is 0.306. The van der Waals surface area contributed by atoms with Crippen molar-refractivity contribution in [3.05, 3.63) is 112 Å². The quantitative estimate of drug-likeness (QED) is 0.254. The Morgan fingerprint density at radius 3 is 2.43 bits per heavy atom. The summed E-state index contributed by atoms with van der Waals surface area (Å²) in [4.78, 5) is 0. The van der Waals surface area contributed by atoms with Gasteiger partial charge in [-0.05, 0) is 46.2 Å². The molecule has 0 atom stereocenters. The highest BCUT2D eigenvalue weighted by atomic mass is 35.5. The van der Waals surface area contributed by atoms with E-state index in [-0.39, 0.29) is 0 Å². The van der Waals surface area contributed by atoms with Gasteiger partial charge in [-0.1, -0.05) is 83.9 Å².